The van der Waals surface area contributed by atoms with Gasteiger partial charge in [-0.15, -0.1) is 0 Å². The van der Waals surface area contributed by atoms with Gasteiger partial charge in [-0.3, -0.25) is 9.69 Å². The van der Waals surface area contributed by atoms with E-state index >= 15 is 0 Å². The lowest BCUT2D eigenvalue weighted by Crippen LogP contribution is -2.56. The van der Waals surface area contributed by atoms with Crippen molar-refractivity contribution >= 4 is 5.91 Å². The van der Waals surface area contributed by atoms with E-state index in [1.54, 1.807) is 6.07 Å². The quantitative estimate of drug-likeness (QED) is 0.817. The fourth-order valence-corrected chi connectivity index (χ4v) is 2.27. The highest BCUT2D eigenvalue weighted by molar-refractivity contribution is 5.80. The van der Waals surface area contributed by atoms with Crippen LogP contribution in [-0.2, 0) is 11.3 Å². The number of carbonyl (C=O) groups is 1. The molecule has 0 aliphatic carbocycles. The van der Waals surface area contributed by atoms with Gasteiger partial charge >= 0.3 is 0 Å². The maximum Gasteiger partial charge on any atom is 0.236 e. The monoisotopic (exact) mass is 251 g/mol. The zero-order chi connectivity index (χ0) is 13.1. The van der Waals surface area contributed by atoms with Crippen LogP contribution < -0.4 is 11.1 Å². The first-order chi connectivity index (χ1) is 8.58. The summed E-state index contributed by atoms with van der Waals surface area (Å²) >= 11 is 0. The molecule has 0 radical (unpaired) electrons. The molecule has 1 heterocycles. The minimum Gasteiger partial charge on any atom is -0.368 e. The Labute approximate surface area is 106 Å². The van der Waals surface area contributed by atoms with Crippen molar-refractivity contribution in [2.75, 3.05) is 19.6 Å². The molecule has 2 rings (SSSR count). The van der Waals surface area contributed by atoms with Gasteiger partial charge in [0.2, 0.25) is 5.91 Å². The molecule has 1 aromatic carbocycles. The highest BCUT2D eigenvalue weighted by Gasteiger charge is 2.26. The number of nitrogens with zero attached hydrogens (tertiary/aromatic N) is 1. The van der Waals surface area contributed by atoms with Crippen molar-refractivity contribution in [3.63, 3.8) is 0 Å². The van der Waals surface area contributed by atoms with Gasteiger partial charge in [0.15, 0.2) is 0 Å². The molecule has 4 nitrogen and oxygen atoms in total. The Hall–Kier alpha value is -1.46. The Kier molecular flexibility index (Phi) is 3.93. The van der Waals surface area contributed by atoms with Crippen molar-refractivity contribution in [3.05, 3.63) is 35.1 Å². The SMILES string of the molecule is Cc1cc(F)ccc1CN1CCNCC1C(N)=O. The van der Waals surface area contributed by atoms with E-state index in [2.05, 4.69) is 5.32 Å². The number of carbonyl (C=O) groups excluding carboxylic acids is 1. The van der Waals surface area contributed by atoms with Gasteiger partial charge in [-0.1, -0.05) is 6.07 Å². The number of amides is 1. The zero-order valence-electron chi connectivity index (χ0n) is 10.4. The number of benzene rings is 1. The van der Waals surface area contributed by atoms with E-state index in [1.807, 2.05) is 11.8 Å². The number of nitrogens with two attached hydrogens (primary N) is 1. The average molecular weight is 251 g/mol. The molecule has 1 unspecified atom stereocenters. The lowest BCUT2D eigenvalue weighted by atomic mass is 10.1. The zero-order valence-corrected chi connectivity index (χ0v) is 10.4. The number of primary amides is 1. The third kappa shape index (κ3) is 2.86. The van der Waals surface area contributed by atoms with E-state index in [1.165, 1.54) is 12.1 Å². The number of rotatable bonds is 3. The standard InChI is InChI=1S/C13H18FN3O/c1-9-6-11(14)3-2-10(9)8-17-5-4-16-7-12(17)13(15)18/h2-3,6,12,16H,4-5,7-8H2,1H3,(H2,15,18). The summed E-state index contributed by atoms with van der Waals surface area (Å²) in [4.78, 5) is 13.4. The van der Waals surface area contributed by atoms with Gasteiger partial charge < -0.3 is 11.1 Å². The largest absolute Gasteiger partial charge is 0.368 e. The first-order valence-electron chi connectivity index (χ1n) is 6.07. The molecule has 1 amide bonds. The molecular formula is C13H18FN3O. The van der Waals surface area contributed by atoms with Crippen molar-refractivity contribution < 1.29 is 9.18 Å². The van der Waals surface area contributed by atoms with Gasteiger partial charge in [0.1, 0.15) is 11.9 Å². The fourth-order valence-electron chi connectivity index (χ4n) is 2.27. The number of hydrogen-bond acceptors (Lipinski definition) is 3. The van der Waals surface area contributed by atoms with Crippen molar-refractivity contribution in [1.29, 1.82) is 0 Å². The summed E-state index contributed by atoms with van der Waals surface area (Å²) in [5.74, 6) is -0.551. The number of hydrogen-bond donors (Lipinski definition) is 2. The van der Waals surface area contributed by atoms with Crippen LogP contribution >= 0.6 is 0 Å². The van der Waals surface area contributed by atoms with E-state index in [-0.39, 0.29) is 17.8 Å². The molecule has 0 saturated carbocycles. The first-order valence-corrected chi connectivity index (χ1v) is 6.07. The van der Waals surface area contributed by atoms with Crippen molar-refractivity contribution in [2.24, 2.45) is 5.73 Å². The predicted octanol–water partition coefficient (Wildman–Crippen LogP) is 0.393. The molecule has 1 fully saturated rings. The number of halogens is 1. The molecule has 1 aromatic rings. The summed E-state index contributed by atoms with van der Waals surface area (Å²) in [5, 5.41) is 3.15. The lowest BCUT2D eigenvalue weighted by molar-refractivity contribution is -0.124. The van der Waals surface area contributed by atoms with Crippen LogP contribution in [0.1, 0.15) is 11.1 Å². The van der Waals surface area contributed by atoms with Crippen LogP contribution in [0, 0.1) is 12.7 Å². The summed E-state index contributed by atoms with van der Waals surface area (Å²) in [5.41, 5.74) is 7.32. The minimum atomic E-state index is -0.318. The molecular weight excluding hydrogens is 233 g/mol. The van der Waals surface area contributed by atoms with Crippen molar-refractivity contribution in [1.82, 2.24) is 10.2 Å². The number of aryl methyl sites for hydroxylation is 1. The van der Waals surface area contributed by atoms with Gasteiger partial charge in [0, 0.05) is 26.2 Å². The van der Waals surface area contributed by atoms with Crippen LogP contribution in [0.3, 0.4) is 0 Å². The highest BCUT2D eigenvalue weighted by Crippen LogP contribution is 2.15. The summed E-state index contributed by atoms with van der Waals surface area (Å²) in [6, 6.07) is 4.44. The van der Waals surface area contributed by atoms with Crippen LogP contribution in [0.4, 0.5) is 4.39 Å². The second-order valence-electron chi connectivity index (χ2n) is 4.66. The Balaban J connectivity index is 2.13. The second-order valence-corrected chi connectivity index (χ2v) is 4.66. The average Bonchev–Trinajstić information content (AvgIpc) is 2.33. The summed E-state index contributed by atoms with van der Waals surface area (Å²) in [6.07, 6.45) is 0. The van der Waals surface area contributed by atoms with Crippen molar-refractivity contribution in [3.8, 4) is 0 Å². The molecule has 5 heteroatoms. The van der Waals surface area contributed by atoms with E-state index in [0.717, 1.165) is 24.2 Å². The Bertz CT molecular complexity index is 450. The summed E-state index contributed by atoms with van der Waals surface area (Å²) in [7, 11) is 0. The molecule has 0 spiro atoms. The topological polar surface area (TPSA) is 58.4 Å². The van der Waals surface area contributed by atoms with Gasteiger partial charge in [-0.2, -0.15) is 0 Å². The number of piperazine rings is 1. The molecule has 1 saturated heterocycles. The van der Waals surface area contributed by atoms with E-state index in [9.17, 15) is 9.18 Å². The van der Waals surface area contributed by atoms with E-state index < -0.39 is 0 Å². The Morgan fingerprint density at radius 3 is 3.06 bits per heavy atom. The van der Waals surface area contributed by atoms with E-state index in [0.29, 0.717) is 13.1 Å². The summed E-state index contributed by atoms with van der Waals surface area (Å²) < 4.78 is 13.0. The lowest BCUT2D eigenvalue weighted by Gasteiger charge is -2.34. The fraction of sp³-hybridized carbons (Fsp3) is 0.462. The molecule has 0 bridgehead atoms. The maximum absolute atomic E-state index is 13.0. The molecule has 3 N–H and O–H groups in total. The maximum atomic E-state index is 13.0. The van der Waals surface area contributed by atoms with Crippen LogP contribution in [-0.4, -0.2) is 36.5 Å². The van der Waals surface area contributed by atoms with Crippen LogP contribution in [0.15, 0.2) is 18.2 Å². The molecule has 18 heavy (non-hydrogen) atoms. The van der Waals surface area contributed by atoms with Gasteiger partial charge in [0.05, 0.1) is 0 Å². The first kappa shape index (κ1) is 13.0. The normalized spacial score (nSPS) is 20.9. The molecule has 0 aromatic heterocycles. The third-order valence-electron chi connectivity index (χ3n) is 3.36. The smallest absolute Gasteiger partial charge is 0.236 e. The predicted molar refractivity (Wildman–Crippen MR) is 67.4 cm³/mol. The van der Waals surface area contributed by atoms with Gasteiger partial charge in [-0.25, -0.2) is 4.39 Å². The van der Waals surface area contributed by atoms with Crippen LogP contribution in [0.2, 0.25) is 0 Å². The van der Waals surface area contributed by atoms with Crippen LogP contribution in [0.25, 0.3) is 0 Å². The molecule has 98 valence electrons. The van der Waals surface area contributed by atoms with Gasteiger partial charge in [-0.05, 0) is 30.2 Å². The van der Waals surface area contributed by atoms with E-state index in [4.69, 9.17) is 5.73 Å². The van der Waals surface area contributed by atoms with Crippen LogP contribution in [0.5, 0.6) is 0 Å². The molecule has 1 aliphatic heterocycles. The van der Waals surface area contributed by atoms with Gasteiger partial charge in [0.25, 0.3) is 0 Å². The highest BCUT2D eigenvalue weighted by atomic mass is 19.1. The van der Waals surface area contributed by atoms with Crippen molar-refractivity contribution in [2.45, 2.75) is 19.5 Å². The Morgan fingerprint density at radius 2 is 2.39 bits per heavy atom. The number of nitrogens with one attached hydrogen (secondary N) is 1. The second kappa shape index (κ2) is 5.46. The minimum absolute atomic E-state index is 0.233. The summed E-state index contributed by atoms with van der Waals surface area (Å²) in [6.45, 7) is 4.69. The molecule has 1 atom stereocenters. The Morgan fingerprint density at radius 1 is 1.61 bits per heavy atom. The molecule has 1 aliphatic rings. The third-order valence-corrected chi connectivity index (χ3v) is 3.36.